The zero-order chi connectivity index (χ0) is 23.4. The number of hydrogen-bond donors (Lipinski definition) is 1. The van der Waals surface area contributed by atoms with Crippen molar-refractivity contribution in [1.29, 1.82) is 0 Å². The van der Waals surface area contributed by atoms with Gasteiger partial charge >= 0.3 is 0 Å². The summed E-state index contributed by atoms with van der Waals surface area (Å²) in [5.41, 5.74) is 2.96. The number of aromatic amines is 1. The number of aryl methyl sites for hydroxylation is 1. The van der Waals surface area contributed by atoms with Crippen molar-refractivity contribution in [2.24, 2.45) is 4.99 Å². The van der Waals surface area contributed by atoms with E-state index < -0.39 is 0 Å². The van der Waals surface area contributed by atoms with Crippen LogP contribution in [0.1, 0.15) is 57.7 Å². The minimum absolute atomic E-state index is 0.121. The number of fused-ring (bicyclic) bond motifs is 1. The van der Waals surface area contributed by atoms with E-state index in [1.165, 1.54) is 0 Å². The van der Waals surface area contributed by atoms with Crippen LogP contribution in [0.5, 0.6) is 17.4 Å². The molecule has 7 heteroatoms. The Kier molecular flexibility index (Phi) is 7.38. The minimum Gasteiger partial charge on any atom is -0.488 e. The van der Waals surface area contributed by atoms with Crippen molar-refractivity contribution < 1.29 is 14.3 Å². The molecule has 1 aliphatic rings. The van der Waals surface area contributed by atoms with Gasteiger partial charge in [0.1, 0.15) is 22.3 Å². The molecule has 0 fully saturated rings. The summed E-state index contributed by atoms with van der Waals surface area (Å²) in [6.45, 7) is 8.84. The van der Waals surface area contributed by atoms with Crippen LogP contribution >= 0.6 is 11.8 Å². The molecule has 1 aromatic carbocycles. The molecular weight excluding hydrogens is 434 g/mol. The van der Waals surface area contributed by atoms with Crippen molar-refractivity contribution in [2.75, 3.05) is 6.54 Å². The molecule has 0 saturated heterocycles. The van der Waals surface area contributed by atoms with Gasteiger partial charge in [-0.1, -0.05) is 38.6 Å². The van der Waals surface area contributed by atoms with Gasteiger partial charge in [0.05, 0.1) is 23.9 Å². The number of nitrogens with zero attached hydrogens (tertiary/aromatic N) is 2. The second-order valence-corrected chi connectivity index (χ2v) is 9.67. The van der Waals surface area contributed by atoms with Gasteiger partial charge in [0, 0.05) is 41.8 Å². The Morgan fingerprint density at radius 1 is 1.21 bits per heavy atom. The normalized spacial score (nSPS) is 15.8. The number of benzene rings is 1. The number of nitrogens with one attached hydrogen (secondary N) is 1. The van der Waals surface area contributed by atoms with Crippen LogP contribution in [0.15, 0.2) is 41.5 Å². The molecule has 33 heavy (non-hydrogen) atoms. The van der Waals surface area contributed by atoms with Crippen LogP contribution in [0.4, 0.5) is 0 Å². The van der Waals surface area contributed by atoms with Gasteiger partial charge in [0.25, 0.3) is 0 Å². The molecule has 1 aliphatic heterocycles. The van der Waals surface area contributed by atoms with Crippen LogP contribution in [0.25, 0.3) is 10.9 Å². The first kappa shape index (κ1) is 23.4. The maximum Gasteiger partial charge on any atom is 0.219 e. The molecule has 3 aromatic rings. The summed E-state index contributed by atoms with van der Waals surface area (Å²) in [7, 11) is 0. The van der Waals surface area contributed by atoms with Crippen molar-refractivity contribution in [1.82, 2.24) is 9.97 Å². The molecule has 3 heterocycles. The van der Waals surface area contributed by atoms with Crippen LogP contribution in [0.2, 0.25) is 0 Å². The summed E-state index contributed by atoms with van der Waals surface area (Å²) in [5.74, 6) is 2.27. The van der Waals surface area contributed by atoms with Gasteiger partial charge in [0.15, 0.2) is 0 Å². The fourth-order valence-corrected chi connectivity index (χ4v) is 4.91. The highest BCUT2D eigenvalue weighted by Crippen LogP contribution is 2.36. The molecule has 1 unspecified atom stereocenters. The number of pyridine rings is 1. The van der Waals surface area contributed by atoms with Crippen molar-refractivity contribution >= 4 is 33.5 Å². The molecule has 0 saturated carbocycles. The number of carbonyl (C=O) groups excluding carboxylic acids is 1. The van der Waals surface area contributed by atoms with E-state index in [9.17, 15) is 4.79 Å². The lowest BCUT2D eigenvalue weighted by molar-refractivity contribution is -0.118. The molecule has 1 atom stereocenters. The van der Waals surface area contributed by atoms with Gasteiger partial charge < -0.3 is 14.5 Å². The first-order valence-electron chi connectivity index (χ1n) is 11.7. The molecule has 174 valence electrons. The molecule has 2 aromatic heterocycles. The number of aromatic nitrogens is 2. The standard InChI is InChI=1S/C26H31N3O3S/c1-5-18(30)12-21-15-28-26(33-21)22-11-17-10-20(32-24-9-8-16(4)14-27-24)13-23(25(17)29-22)31-19(6-2)7-3/h8-11,13-14,19,21,29H,5-7,12,15H2,1-4H3. The molecule has 6 nitrogen and oxygen atoms in total. The maximum absolute atomic E-state index is 11.9. The fourth-order valence-electron chi connectivity index (χ4n) is 3.79. The highest BCUT2D eigenvalue weighted by atomic mass is 32.2. The molecule has 4 rings (SSSR count). The zero-order valence-electron chi connectivity index (χ0n) is 19.7. The third-order valence-electron chi connectivity index (χ3n) is 5.77. The maximum atomic E-state index is 11.9. The average Bonchev–Trinajstić information content (AvgIpc) is 3.45. The highest BCUT2D eigenvalue weighted by Gasteiger charge is 2.24. The van der Waals surface area contributed by atoms with Gasteiger partial charge in [-0.05, 0) is 37.5 Å². The summed E-state index contributed by atoms with van der Waals surface area (Å²) in [5, 5.41) is 2.15. The van der Waals surface area contributed by atoms with E-state index in [4.69, 9.17) is 14.5 Å². The Morgan fingerprint density at radius 2 is 2.03 bits per heavy atom. The summed E-state index contributed by atoms with van der Waals surface area (Å²) >= 11 is 1.68. The summed E-state index contributed by atoms with van der Waals surface area (Å²) < 4.78 is 12.4. The van der Waals surface area contributed by atoms with Gasteiger partial charge in [-0.15, -0.1) is 0 Å². The zero-order valence-corrected chi connectivity index (χ0v) is 20.5. The number of ether oxygens (including phenoxy) is 2. The van der Waals surface area contributed by atoms with E-state index in [1.54, 1.807) is 18.0 Å². The highest BCUT2D eigenvalue weighted by molar-refractivity contribution is 8.15. The van der Waals surface area contributed by atoms with Crippen LogP contribution in [0, 0.1) is 6.92 Å². The number of ketones is 1. The van der Waals surface area contributed by atoms with E-state index in [-0.39, 0.29) is 17.1 Å². The number of thioether (sulfide) groups is 1. The largest absolute Gasteiger partial charge is 0.488 e. The number of H-pyrrole nitrogens is 1. The molecule has 0 spiro atoms. The third kappa shape index (κ3) is 5.58. The second-order valence-electron chi connectivity index (χ2n) is 8.38. The Hall–Kier alpha value is -2.80. The molecule has 0 radical (unpaired) electrons. The number of hydrogen-bond acceptors (Lipinski definition) is 6. The van der Waals surface area contributed by atoms with E-state index >= 15 is 0 Å². The minimum atomic E-state index is 0.121. The third-order valence-corrected chi connectivity index (χ3v) is 6.99. The summed E-state index contributed by atoms with van der Waals surface area (Å²) in [4.78, 5) is 24.4. The van der Waals surface area contributed by atoms with E-state index in [1.807, 2.05) is 38.1 Å². The second kappa shape index (κ2) is 10.4. The lowest BCUT2D eigenvalue weighted by Gasteiger charge is -2.17. The van der Waals surface area contributed by atoms with E-state index in [0.717, 1.165) is 45.8 Å². The molecular formula is C26H31N3O3S. The topological polar surface area (TPSA) is 76.6 Å². The van der Waals surface area contributed by atoms with Crippen molar-refractivity contribution in [3.05, 3.63) is 47.8 Å². The number of Topliss-reactive ketones (excluding diaryl/α,β-unsaturated/α-hetero) is 1. The monoisotopic (exact) mass is 465 g/mol. The van der Waals surface area contributed by atoms with Crippen LogP contribution in [-0.4, -0.2) is 38.7 Å². The number of rotatable bonds is 10. The summed E-state index contributed by atoms with van der Waals surface area (Å²) in [6.07, 6.45) is 4.90. The molecule has 1 N–H and O–H groups in total. The Labute approximate surface area is 199 Å². The first-order valence-corrected chi connectivity index (χ1v) is 12.5. The van der Waals surface area contributed by atoms with Crippen LogP contribution in [0.3, 0.4) is 0 Å². The van der Waals surface area contributed by atoms with Gasteiger partial charge in [-0.2, -0.15) is 0 Å². The van der Waals surface area contributed by atoms with Crippen LogP contribution < -0.4 is 9.47 Å². The average molecular weight is 466 g/mol. The molecule has 0 amide bonds. The quantitative estimate of drug-likeness (QED) is 0.372. The predicted octanol–water partition coefficient (Wildman–Crippen LogP) is 6.46. The summed E-state index contributed by atoms with van der Waals surface area (Å²) in [6, 6.07) is 9.85. The lowest BCUT2D eigenvalue weighted by atomic mass is 10.2. The number of aliphatic imine (C=N–C) groups is 1. The Bertz CT molecular complexity index is 1150. The van der Waals surface area contributed by atoms with Crippen molar-refractivity contribution in [3.8, 4) is 17.4 Å². The lowest BCUT2D eigenvalue weighted by Crippen LogP contribution is -2.14. The molecule has 0 bridgehead atoms. The van der Waals surface area contributed by atoms with E-state index in [0.29, 0.717) is 31.0 Å². The van der Waals surface area contributed by atoms with Gasteiger partial charge in [-0.25, -0.2) is 4.98 Å². The van der Waals surface area contributed by atoms with Crippen LogP contribution in [-0.2, 0) is 4.79 Å². The van der Waals surface area contributed by atoms with E-state index in [2.05, 4.69) is 29.9 Å². The van der Waals surface area contributed by atoms with Crippen molar-refractivity contribution in [2.45, 2.75) is 64.7 Å². The SMILES string of the molecule is CCC(=O)CC1CN=C(c2cc3cc(Oc4ccc(C)cn4)cc(OC(CC)CC)c3[nH]2)S1. The number of carbonyl (C=O) groups is 1. The Balaban J connectivity index is 1.64. The fraction of sp³-hybridized carbons (Fsp3) is 0.423. The first-order chi connectivity index (χ1) is 16.0. The van der Waals surface area contributed by atoms with Crippen molar-refractivity contribution in [3.63, 3.8) is 0 Å². The van der Waals surface area contributed by atoms with Gasteiger partial charge in [0.2, 0.25) is 5.88 Å². The smallest absolute Gasteiger partial charge is 0.219 e. The van der Waals surface area contributed by atoms with Gasteiger partial charge in [-0.3, -0.25) is 9.79 Å². The molecule has 0 aliphatic carbocycles. The Morgan fingerprint density at radius 3 is 2.73 bits per heavy atom. The predicted molar refractivity (Wildman–Crippen MR) is 135 cm³/mol.